The number of benzene rings is 2. The van der Waals surface area contributed by atoms with Gasteiger partial charge >= 0.3 is 6.09 Å². The molecule has 1 saturated heterocycles. The molecule has 0 spiro atoms. The highest BCUT2D eigenvalue weighted by molar-refractivity contribution is 6.00. The number of alkyl carbamates (subject to hydrolysis) is 1. The number of hydrogen-bond donors (Lipinski definition) is 2. The molecule has 180 valence electrons. The Kier molecular flexibility index (Phi) is 8.10. The number of amides is 3. The third-order valence-corrected chi connectivity index (χ3v) is 5.60. The molecule has 7 heteroatoms. The van der Waals surface area contributed by atoms with E-state index in [9.17, 15) is 14.4 Å². The number of nitrogens with zero attached hydrogens (tertiary/aromatic N) is 1. The zero-order valence-electron chi connectivity index (χ0n) is 20.1. The molecule has 1 aliphatic heterocycles. The van der Waals surface area contributed by atoms with Crippen LogP contribution in [0.1, 0.15) is 61.0 Å². The monoisotopic (exact) mass is 463 g/mol. The normalized spacial score (nSPS) is 14.3. The summed E-state index contributed by atoms with van der Waals surface area (Å²) in [4.78, 5) is 38.3. The van der Waals surface area contributed by atoms with Gasteiger partial charge in [-0.05, 0) is 74.9 Å². The highest BCUT2D eigenvalue weighted by atomic mass is 16.6. The Morgan fingerprint density at radius 2 is 1.79 bits per heavy atom. The third-order valence-electron chi connectivity index (χ3n) is 5.60. The number of rotatable bonds is 6. The Morgan fingerprint density at radius 3 is 2.47 bits per heavy atom. The molecule has 2 N–H and O–H groups in total. The number of nitrogens with one attached hydrogen (secondary N) is 2. The molecule has 0 aliphatic carbocycles. The van der Waals surface area contributed by atoms with Crippen molar-refractivity contribution < 1.29 is 19.1 Å². The van der Waals surface area contributed by atoms with Crippen LogP contribution in [0.15, 0.2) is 61.2 Å². The molecular formula is C27H33N3O4. The second-order valence-electron chi connectivity index (χ2n) is 9.44. The van der Waals surface area contributed by atoms with Gasteiger partial charge in [-0.25, -0.2) is 4.79 Å². The van der Waals surface area contributed by atoms with Gasteiger partial charge in [-0.1, -0.05) is 36.9 Å². The molecule has 7 nitrogen and oxygen atoms in total. The molecule has 34 heavy (non-hydrogen) atoms. The van der Waals surface area contributed by atoms with Crippen LogP contribution in [0.25, 0.3) is 0 Å². The maximum atomic E-state index is 13.0. The van der Waals surface area contributed by atoms with Crippen LogP contribution in [0.5, 0.6) is 0 Å². The third kappa shape index (κ3) is 7.20. The molecule has 0 atom stereocenters. The van der Waals surface area contributed by atoms with Gasteiger partial charge in [0, 0.05) is 30.9 Å². The van der Waals surface area contributed by atoms with Gasteiger partial charge in [-0.15, -0.1) is 0 Å². The molecule has 0 saturated carbocycles. The van der Waals surface area contributed by atoms with E-state index in [1.165, 1.54) is 11.6 Å². The molecule has 0 unspecified atom stereocenters. The van der Waals surface area contributed by atoms with Gasteiger partial charge in [0.25, 0.3) is 5.91 Å². The van der Waals surface area contributed by atoms with Crippen LogP contribution in [-0.2, 0) is 16.1 Å². The summed E-state index contributed by atoms with van der Waals surface area (Å²) in [5, 5.41) is 5.49. The Bertz CT molecular complexity index is 1050. The second-order valence-corrected chi connectivity index (χ2v) is 9.44. The SMILES string of the molecule is C=CC(=O)Nc1cccc(C(=O)N2CCC(c3cccc(CNC(=O)OC(C)(C)C)c3)CC2)c1. The quantitative estimate of drug-likeness (QED) is 0.599. The van der Waals surface area contributed by atoms with Crippen molar-refractivity contribution in [1.82, 2.24) is 10.2 Å². The van der Waals surface area contributed by atoms with Crippen LogP contribution in [0.3, 0.4) is 0 Å². The number of anilines is 1. The molecule has 0 bridgehead atoms. The summed E-state index contributed by atoms with van der Waals surface area (Å²) in [6.07, 6.45) is 2.49. The van der Waals surface area contributed by atoms with E-state index in [2.05, 4.69) is 29.3 Å². The molecular weight excluding hydrogens is 430 g/mol. The summed E-state index contributed by atoms with van der Waals surface area (Å²) >= 11 is 0. The number of likely N-dealkylation sites (tertiary alicyclic amines) is 1. The summed E-state index contributed by atoms with van der Waals surface area (Å²) < 4.78 is 5.30. The number of hydrogen-bond acceptors (Lipinski definition) is 4. The van der Waals surface area contributed by atoms with Crippen molar-refractivity contribution in [2.24, 2.45) is 0 Å². The fraction of sp³-hybridized carbons (Fsp3) is 0.370. The van der Waals surface area contributed by atoms with Crippen LogP contribution < -0.4 is 10.6 Å². The van der Waals surface area contributed by atoms with E-state index < -0.39 is 11.7 Å². The maximum absolute atomic E-state index is 13.0. The van der Waals surface area contributed by atoms with E-state index in [1.807, 2.05) is 37.8 Å². The first kappa shape index (κ1) is 25.0. The van der Waals surface area contributed by atoms with Gasteiger partial charge in [0.1, 0.15) is 5.60 Å². The average molecular weight is 464 g/mol. The fourth-order valence-corrected chi connectivity index (χ4v) is 3.97. The highest BCUT2D eigenvalue weighted by Crippen LogP contribution is 2.29. The van der Waals surface area contributed by atoms with Crippen molar-refractivity contribution in [3.63, 3.8) is 0 Å². The molecule has 2 aromatic rings. The van der Waals surface area contributed by atoms with Crippen molar-refractivity contribution in [1.29, 1.82) is 0 Å². The molecule has 0 radical (unpaired) electrons. The molecule has 1 aliphatic rings. The van der Waals surface area contributed by atoms with Crippen molar-refractivity contribution in [3.8, 4) is 0 Å². The second kappa shape index (κ2) is 11.0. The zero-order chi connectivity index (χ0) is 24.7. The minimum atomic E-state index is -0.530. The van der Waals surface area contributed by atoms with Crippen molar-refractivity contribution >= 4 is 23.6 Å². The van der Waals surface area contributed by atoms with E-state index in [1.54, 1.807) is 24.3 Å². The number of ether oxygens (including phenoxy) is 1. The highest BCUT2D eigenvalue weighted by Gasteiger charge is 2.25. The Morgan fingerprint density at radius 1 is 1.09 bits per heavy atom. The molecule has 1 heterocycles. The topological polar surface area (TPSA) is 87.7 Å². The Hall–Kier alpha value is -3.61. The molecule has 2 aromatic carbocycles. The summed E-state index contributed by atoms with van der Waals surface area (Å²) in [6.45, 7) is 10.7. The van der Waals surface area contributed by atoms with E-state index in [-0.39, 0.29) is 11.8 Å². The van der Waals surface area contributed by atoms with Crippen LogP contribution in [0.4, 0.5) is 10.5 Å². The van der Waals surface area contributed by atoms with Gasteiger partial charge < -0.3 is 20.3 Å². The predicted octanol–water partition coefficient (Wildman–Crippen LogP) is 4.86. The lowest BCUT2D eigenvalue weighted by Crippen LogP contribution is -2.38. The van der Waals surface area contributed by atoms with Crippen LogP contribution in [0.2, 0.25) is 0 Å². The lowest BCUT2D eigenvalue weighted by atomic mass is 9.88. The minimum absolute atomic E-state index is 0.0385. The van der Waals surface area contributed by atoms with Crippen LogP contribution >= 0.6 is 0 Å². The van der Waals surface area contributed by atoms with Crippen molar-refractivity contribution in [3.05, 3.63) is 77.9 Å². The van der Waals surface area contributed by atoms with Crippen LogP contribution in [-0.4, -0.2) is 41.5 Å². The molecule has 3 rings (SSSR count). The Labute approximate surface area is 201 Å². The smallest absolute Gasteiger partial charge is 0.407 e. The number of carbonyl (C=O) groups excluding carboxylic acids is 3. The lowest BCUT2D eigenvalue weighted by Gasteiger charge is -2.32. The molecule has 3 amide bonds. The largest absolute Gasteiger partial charge is 0.444 e. The maximum Gasteiger partial charge on any atom is 0.407 e. The first-order valence-electron chi connectivity index (χ1n) is 11.5. The van der Waals surface area contributed by atoms with Crippen molar-refractivity contribution in [2.75, 3.05) is 18.4 Å². The van der Waals surface area contributed by atoms with Gasteiger partial charge in [-0.2, -0.15) is 0 Å². The standard InChI is InChI=1S/C27H33N3O4/c1-5-24(31)29-23-11-7-10-22(17-23)25(32)30-14-12-20(13-15-30)21-9-6-8-19(16-21)18-28-26(33)34-27(2,3)4/h5-11,16-17,20H,1,12-15,18H2,2-4H3,(H,28,33)(H,29,31). The van der Waals surface area contributed by atoms with Gasteiger partial charge in [0.2, 0.25) is 5.91 Å². The van der Waals surface area contributed by atoms with E-state index >= 15 is 0 Å². The summed E-state index contributed by atoms with van der Waals surface area (Å²) in [5.41, 5.74) is 2.82. The Balaban J connectivity index is 1.56. The van der Waals surface area contributed by atoms with E-state index in [0.29, 0.717) is 36.8 Å². The number of carbonyl (C=O) groups is 3. The van der Waals surface area contributed by atoms with Crippen LogP contribution in [0, 0.1) is 0 Å². The van der Waals surface area contributed by atoms with Gasteiger partial charge in [0.05, 0.1) is 0 Å². The zero-order valence-corrected chi connectivity index (χ0v) is 20.1. The van der Waals surface area contributed by atoms with E-state index in [0.717, 1.165) is 18.4 Å². The van der Waals surface area contributed by atoms with E-state index in [4.69, 9.17) is 4.74 Å². The number of piperidine rings is 1. The summed E-state index contributed by atoms with van der Waals surface area (Å²) in [6, 6.07) is 15.2. The summed E-state index contributed by atoms with van der Waals surface area (Å²) in [7, 11) is 0. The molecule has 0 aromatic heterocycles. The fourth-order valence-electron chi connectivity index (χ4n) is 3.97. The first-order valence-corrected chi connectivity index (χ1v) is 11.5. The lowest BCUT2D eigenvalue weighted by molar-refractivity contribution is -0.111. The predicted molar refractivity (Wildman–Crippen MR) is 133 cm³/mol. The van der Waals surface area contributed by atoms with Gasteiger partial charge in [-0.3, -0.25) is 9.59 Å². The first-order chi connectivity index (χ1) is 16.1. The minimum Gasteiger partial charge on any atom is -0.444 e. The average Bonchev–Trinajstić information content (AvgIpc) is 2.81. The van der Waals surface area contributed by atoms with Crippen molar-refractivity contribution in [2.45, 2.75) is 51.7 Å². The van der Waals surface area contributed by atoms with Gasteiger partial charge in [0.15, 0.2) is 0 Å². The molecule has 1 fully saturated rings. The summed E-state index contributed by atoms with van der Waals surface area (Å²) in [5.74, 6) is 0.00106.